The molecule has 4 atom stereocenters. The first kappa shape index (κ1) is 12.8. The molecule has 2 saturated heterocycles. The van der Waals surface area contributed by atoms with Crippen LogP contribution in [0.5, 0.6) is 0 Å². The predicted molar refractivity (Wildman–Crippen MR) is 77.8 cm³/mol. The van der Waals surface area contributed by atoms with E-state index in [-0.39, 0.29) is 29.8 Å². The number of aryl methyl sites for hydroxylation is 2. The molecule has 4 heteroatoms. The molecule has 21 heavy (non-hydrogen) atoms. The van der Waals surface area contributed by atoms with Crippen molar-refractivity contribution in [3.63, 3.8) is 0 Å². The van der Waals surface area contributed by atoms with Gasteiger partial charge in [-0.15, -0.1) is 0 Å². The molecule has 3 aliphatic heterocycles. The monoisotopic (exact) mass is 283 g/mol. The highest BCUT2D eigenvalue weighted by Crippen LogP contribution is 2.52. The van der Waals surface area contributed by atoms with Gasteiger partial charge in [0.25, 0.3) is 0 Å². The van der Waals surface area contributed by atoms with E-state index in [0.29, 0.717) is 5.69 Å². The molecule has 2 amide bonds. The first-order valence-corrected chi connectivity index (χ1v) is 7.24. The Morgan fingerprint density at radius 3 is 2.62 bits per heavy atom. The van der Waals surface area contributed by atoms with Crippen LogP contribution in [0, 0.1) is 25.7 Å². The maximum atomic E-state index is 12.8. The van der Waals surface area contributed by atoms with Gasteiger partial charge in [0.15, 0.2) is 0 Å². The van der Waals surface area contributed by atoms with Gasteiger partial charge >= 0.3 is 0 Å². The van der Waals surface area contributed by atoms with E-state index < -0.39 is 5.60 Å². The van der Waals surface area contributed by atoms with Crippen molar-refractivity contribution >= 4 is 17.5 Å². The van der Waals surface area contributed by atoms with Crippen LogP contribution in [0.2, 0.25) is 0 Å². The van der Waals surface area contributed by atoms with Crippen molar-refractivity contribution in [3.05, 3.63) is 41.5 Å². The largest absolute Gasteiger partial charge is 0.362 e. The fourth-order valence-corrected chi connectivity index (χ4v) is 3.95. The van der Waals surface area contributed by atoms with Crippen molar-refractivity contribution in [1.29, 1.82) is 0 Å². The average molecular weight is 283 g/mol. The van der Waals surface area contributed by atoms with E-state index in [4.69, 9.17) is 4.74 Å². The summed E-state index contributed by atoms with van der Waals surface area (Å²) in [7, 11) is 0. The van der Waals surface area contributed by atoms with Gasteiger partial charge in [-0.25, -0.2) is 4.90 Å². The lowest BCUT2D eigenvalue weighted by molar-refractivity contribution is -0.126. The van der Waals surface area contributed by atoms with Crippen molar-refractivity contribution in [2.24, 2.45) is 11.8 Å². The Hall–Kier alpha value is -1.94. The summed E-state index contributed by atoms with van der Waals surface area (Å²) < 4.78 is 5.82. The minimum Gasteiger partial charge on any atom is -0.362 e. The molecule has 0 saturated carbocycles. The molecule has 1 aromatic rings. The fourth-order valence-electron chi connectivity index (χ4n) is 3.95. The van der Waals surface area contributed by atoms with Crippen molar-refractivity contribution in [1.82, 2.24) is 0 Å². The molecule has 0 aliphatic carbocycles. The van der Waals surface area contributed by atoms with Crippen molar-refractivity contribution in [2.45, 2.75) is 32.5 Å². The summed E-state index contributed by atoms with van der Waals surface area (Å²) >= 11 is 0. The number of nitrogens with zero attached hydrogens (tertiary/aromatic N) is 1. The Morgan fingerprint density at radius 2 is 1.95 bits per heavy atom. The second-order valence-electron chi connectivity index (χ2n) is 6.43. The Labute approximate surface area is 123 Å². The highest BCUT2D eigenvalue weighted by molar-refractivity contribution is 6.23. The molecule has 4 unspecified atom stereocenters. The van der Waals surface area contributed by atoms with Crippen LogP contribution in [0.3, 0.4) is 0 Å². The summed E-state index contributed by atoms with van der Waals surface area (Å²) in [4.78, 5) is 26.9. The van der Waals surface area contributed by atoms with Gasteiger partial charge in [-0.2, -0.15) is 0 Å². The van der Waals surface area contributed by atoms with Gasteiger partial charge in [-0.3, -0.25) is 9.59 Å². The number of imide groups is 1. The predicted octanol–water partition coefficient (Wildman–Crippen LogP) is 2.14. The number of rotatable bonds is 1. The Balaban J connectivity index is 1.80. The SMILES string of the molecule is Cc1ccc(N2C(=O)C3C4C=CC(C)(O4)C3C2=O)c(C)c1. The number of hydrogen-bond acceptors (Lipinski definition) is 3. The zero-order valence-corrected chi connectivity index (χ0v) is 12.3. The highest BCUT2D eigenvalue weighted by atomic mass is 16.5. The summed E-state index contributed by atoms with van der Waals surface area (Å²) in [6.07, 6.45) is 3.58. The number of ether oxygens (including phenoxy) is 1. The molecule has 4 nitrogen and oxygen atoms in total. The van der Waals surface area contributed by atoms with Crippen LogP contribution in [0.15, 0.2) is 30.4 Å². The minimum absolute atomic E-state index is 0.130. The molecule has 2 fully saturated rings. The van der Waals surface area contributed by atoms with Gasteiger partial charge in [0.05, 0.1) is 29.2 Å². The van der Waals surface area contributed by atoms with Gasteiger partial charge in [-0.05, 0) is 32.4 Å². The lowest BCUT2D eigenvalue weighted by atomic mass is 9.78. The first-order valence-electron chi connectivity index (χ1n) is 7.24. The molecule has 1 aromatic carbocycles. The standard InChI is InChI=1S/C17H17NO3/c1-9-4-5-11(10(2)8-9)18-15(19)13-12-6-7-17(3,21-12)14(13)16(18)20/h4-8,12-14H,1-3H3. The van der Waals surface area contributed by atoms with Crippen LogP contribution in [0.25, 0.3) is 0 Å². The van der Waals surface area contributed by atoms with Gasteiger partial charge in [0.1, 0.15) is 0 Å². The van der Waals surface area contributed by atoms with Gasteiger partial charge in [0, 0.05) is 0 Å². The zero-order valence-electron chi connectivity index (χ0n) is 12.3. The van der Waals surface area contributed by atoms with Crippen LogP contribution in [-0.2, 0) is 14.3 Å². The van der Waals surface area contributed by atoms with E-state index >= 15 is 0 Å². The van der Waals surface area contributed by atoms with Crippen LogP contribution in [-0.4, -0.2) is 23.5 Å². The molecule has 0 N–H and O–H groups in total. The molecular formula is C17H17NO3. The highest BCUT2D eigenvalue weighted by Gasteiger charge is 2.66. The molecule has 0 radical (unpaired) electrons. The van der Waals surface area contributed by atoms with Gasteiger partial charge in [-0.1, -0.05) is 29.8 Å². The Kier molecular flexibility index (Phi) is 2.33. The fraction of sp³-hybridized carbons (Fsp3) is 0.412. The number of fused-ring (bicyclic) bond motifs is 5. The van der Waals surface area contributed by atoms with Crippen molar-refractivity contribution < 1.29 is 14.3 Å². The van der Waals surface area contributed by atoms with E-state index in [2.05, 4.69) is 0 Å². The lowest BCUT2D eigenvalue weighted by Crippen LogP contribution is -2.38. The maximum absolute atomic E-state index is 12.8. The smallest absolute Gasteiger partial charge is 0.241 e. The number of benzene rings is 1. The zero-order chi connectivity index (χ0) is 14.9. The lowest BCUT2D eigenvalue weighted by Gasteiger charge is -2.24. The summed E-state index contributed by atoms with van der Waals surface area (Å²) in [6, 6.07) is 5.79. The van der Waals surface area contributed by atoms with Crippen LogP contribution in [0.1, 0.15) is 18.1 Å². The number of carbonyl (C=O) groups excluding carboxylic acids is 2. The van der Waals surface area contributed by atoms with Crippen LogP contribution < -0.4 is 4.90 Å². The molecule has 0 aromatic heterocycles. The molecule has 2 bridgehead atoms. The summed E-state index contributed by atoms with van der Waals surface area (Å²) in [5.41, 5.74) is 2.14. The number of amides is 2. The second-order valence-corrected chi connectivity index (χ2v) is 6.43. The Morgan fingerprint density at radius 1 is 1.19 bits per heavy atom. The first-order chi connectivity index (χ1) is 9.92. The number of anilines is 1. The van der Waals surface area contributed by atoms with Gasteiger partial charge < -0.3 is 4.74 Å². The molecule has 4 rings (SSSR count). The molecule has 108 valence electrons. The summed E-state index contributed by atoms with van der Waals surface area (Å²) in [5.74, 6) is -1.02. The summed E-state index contributed by atoms with van der Waals surface area (Å²) in [5, 5.41) is 0. The van der Waals surface area contributed by atoms with Gasteiger partial charge in [0.2, 0.25) is 11.8 Å². The molecular weight excluding hydrogens is 266 g/mol. The maximum Gasteiger partial charge on any atom is 0.241 e. The third-order valence-corrected chi connectivity index (χ3v) is 4.92. The second kappa shape index (κ2) is 3.83. The molecule has 0 spiro atoms. The van der Waals surface area contributed by atoms with E-state index in [9.17, 15) is 9.59 Å². The topological polar surface area (TPSA) is 46.6 Å². The Bertz CT molecular complexity index is 708. The van der Waals surface area contributed by atoms with E-state index in [1.807, 2.05) is 51.1 Å². The normalized spacial score (nSPS) is 36.7. The number of carbonyl (C=O) groups is 2. The van der Waals surface area contributed by atoms with Crippen molar-refractivity contribution in [2.75, 3.05) is 4.90 Å². The third-order valence-electron chi connectivity index (χ3n) is 4.92. The quantitative estimate of drug-likeness (QED) is 0.586. The minimum atomic E-state index is -0.630. The molecule has 3 heterocycles. The summed E-state index contributed by atoms with van der Waals surface area (Å²) in [6.45, 7) is 5.82. The van der Waals surface area contributed by atoms with Crippen molar-refractivity contribution in [3.8, 4) is 0 Å². The van der Waals surface area contributed by atoms with Crippen LogP contribution in [0.4, 0.5) is 5.69 Å². The average Bonchev–Trinajstić information content (AvgIpc) is 3.01. The molecule has 3 aliphatic rings. The van der Waals surface area contributed by atoms with E-state index in [1.165, 1.54) is 4.90 Å². The third kappa shape index (κ3) is 1.48. The number of hydrogen-bond donors (Lipinski definition) is 0. The van der Waals surface area contributed by atoms with E-state index in [0.717, 1.165) is 11.1 Å². The van der Waals surface area contributed by atoms with Crippen LogP contribution >= 0.6 is 0 Å². The van der Waals surface area contributed by atoms with E-state index in [1.54, 1.807) is 0 Å².